The maximum absolute atomic E-state index is 12.6. The quantitative estimate of drug-likeness (QED) is 0.896. The Balaban J connectivity index is 1.87. The first kappa shape index (κ1) is 15.7. The lowest BCUT2D eigenvalue weighted by Crippen LogP contribution is -2.37. The fourth-order valence-corrected chi connectivity index (χ4v) is 2.85. The lowest BCUT2D eigenvalue weighted by molar-refractivity contribution is 0.0731. The van der Waals surface area contributed by atoms with Gasteiger partial charge in [0.15, 0.2) is 0 Å². The Bertz CT molecular complexity index is 810. The summed E-state index contributed by atoms with van der Waals surface area (Å²) in [6, 6.07) is 4.72. The molecule has 8 heteroatoms. The third-order valence-electron chi connectivity index (χ3n) is 3.53. The van der Waals surface area contributed by atoms with Gasteiger partial charge in [0, 0.05) is 17.1 Å². The van der Waals surface area contributed by atoms with Crippen LogP contribution < -0.4 is 5.73 Å². The molecule has 117 valence electrons. The number of fused-ring (bicyclic) bond motifs is 1. The number of hydrogen-bond donors (Lipinski definition) is 1. The van der Waals surface area contributed by atoms with Gasteiger partial charge in [-0.3, -0.25) is 9.59 Å². The Labute approximate surface area is 142 Å². The molecule has 0 aliphatic carbocycles. The van der Waals surface area contributed by atoms with E-state index in [2.05, 4.69) is 16.2 Å². The van der Waals surface area contributed by atoms with Crippen molar-refractivity contribution in [3.8, 4) is 0 Å². The molecule has 0 unspecified atom stereocenters. The summed E-state index contributed by atoms with van der Waals surface area (Å²) in [4.78, 5) is 33.3. The van der Waals surface area contributed by atoms with Crippen molar-refractivity contribution in [3.63, 3.8) is 0 Å². The fraction of sp³-hybridized carbons (Fsp3) is 0.200. The highest BCUT2D eigenvalue weighted by Crippen LogP contribution is 2.24. The Morgan fingerprint density at radius 3 is 2.78 bits per heavy atom. The summed E-state index contributed by atoms with van der Waals surface area (Å²) in [6.07, 6.45) is 3.31. The first-order valence-electron chi connectivity index (χ1n) is 6.77. The lowest BCUT2D eigenvalue weighted by atomic mass is 10.1. The highest BCUT2D eigenvalue weighted by atomic mass is 35.5. The summed E-state index contributed by atoms with van der Waals surface area (Å²) in [5, 5.41) is 0.754. The molecule has 0 saturated heterocycles. The van der Waals surface area contributed by atoms with Crippen LogP contribution in [0.2, 0.25) is 10.0 Å². The summed E-state index contributed by atoms with van der Waals surface area (Å²) >= 11 is 11.9. The van der Waals surface area contributed by atoms with Crippen molar-refractivity contribution < 1.29 is 9.59 Å². The third-order valence-corrected chi connectivity index (χ3v) is 4.08. The van der Waals surface area contributed by atoms with Crippen LogP contribution in [0.1, 0.15) is 32.2 Å². The Kier molecular flexibility index (Phi) is 4.19. The van der Waals surface area contributed by atoms with Crippen molar-refractivity contribution in [1.29, 1.82) is 0 Å². The second kappa shape index (κ2) is 6.14. The van der Waals surface area contributed by atoms with E-state index in [0.717, 1.165) is 5.56 Å². The van der Waals surface area contributed by atoms with Crippen LogP contribution in [0.4, 0.5) is 0 Å². The van der Waals surface area contributed by atoms with Gasteiger partial charge < -0.3 is 10.6 Å². The van der Waals surface area contributed by atoms with Crippen LogP contribution in [-0.2, 0) is 13.0 Å². The molecule has 2 amide bonds. The molecule has 1 radical (unpaired) electrons. The summed E-state index contributed by atoms with van der Waals surface area (Å²) < 4.78 is 0. The first-order valence-corrected chi connectivity index (χ1v) is 7.53. The van der Waals surface area contributed by atoms with Gasteiger partial charge in [0.1, 0.15) is 0 Å². The van der Waals surface area contributed by atoms with E-state index >= 15 is 0 Å². The number of hydrogen-bond acceptors (Lipinski definition) is 4. The van der Waals surface area contributed by atoms with Crippen LogP contribution in [0.25, 0.3) is 0 Å². The minimum atomic E-state index is -0.728. The number of primary amides is 1. The molecule has 1 aliphatic rings. The van der Waals surface area contributed by atoms with E-state index in [4.69, 9.17) is 28.9 Å². The van der Waals surface area contributed by atoms with Crippen molar-refractivity contribution in [2.45, 2.75) is 13.0 Å². The van der Waals surface area contributed by atoms with Crippen LogP contribution >= 0.6 is 23.2 Å². The maximum atomic E-state index is 12.6. The second-order valence-electron chi connectivity index (χ2n) is 5.05. The standard InChI is InChI=1S/C15H11Cl2N4O2/c16-9-1-2-10(11(17)5-9)15(23)21-4-3-8-6-19-14(13(18)22)20-12(8)7-21/h1-2,5H,3-4,7H2,(H2,18,22). The van der Waals surface area contributed by atoms with E-state index in [1.165, 1.54) is 6.07 Å². The van der Waals surface area contributed by atoms with Crippen molar-refractivity contribution >= 4 is 35.0 Å². The van der Waals surface area contributed by atoms with E-state index in [0.29, 0.717) is 34.3 Å². The van der Waals surface area contributed by atoms with E-state index in [1.807, 2.05) is 0 Å². The van der Waals surface area contributed by atoms with E-state index in [-0.39, 0.29) is 18.3 Å². The average Bonchev–Trinajstić information content (AvgIpc) is 2.53. The molecular formula is C15H11Cl2N4O2. The van der Waals surface area contributed by atoms with Gasteiger partial charge in [-0.2, -0.15) is 0 Å². The van der Waals surface area contributed by atoms with Crippen LogP contribution in [0, 0.1) is 6.20 Å². The molecule has 0 saturated carbocycles. The van der Waals surface area contributed by atoms with Crippen molar-refractivity contribution in [3.05, 3.63) is 57.1 Å². The molecule has 0 atom stereocenters. The van der Waals surface area contributed by atoms with Crippen LogP contribution in [0.15, 0.2) is 18.2 Å². The third kappa shape index (κ3) is 3.13. The number of nitrogens with two attached hydrogens (primary N) is 1. The first-order chi connectivity index (χ1) is 11.0. The summed E-state index contributed by atoms with van der Waals surface area (Å²) in [5.41, 5.74) is 6.89. The zero-order valence-corrected chi connectivity index (χ0v) is 13.4. The lowest BCUT2D eigenvalue weighted by Gasteiger charge is -2.28. The van der Waals surface area contributed by atoms with Crippen molar-refractivity contribution in [2.24, 2.45) is 5.73 Å². The van der Waals surface area contributed by atoms with E-state index in [9.17, 15) is 9.59 Å². The normalized spacial score (nSPS) is 13.6. The van der Waals surface area contributed by atoms with E-state index in [1.54, 1.807) is 17.0 Å². The molecule has 1 aliphatic heterocycles. The van der Waals surface area contributed by atoms with Crippen LogP contribution in [0.3, 0.4) is 0 Å². The predicted molar refractivity (Wildman–Crippen MR) is 84.3 cm³/mol. The van der Waals surface area contributed by atoms with Crippen LogP contribution in [0.5, 0.6) is 0 Å². The molecule has 0 spiro atoms. The van der Waals surface area contributed by atoms with Gasteiger partial charge in [0.05, 0.1) is 29.0 Å². The van der Waals surface area contributed by atoms with E-state index < -0.39 is 5.91 Å². The largest absolute Gasteiger partial charge is 0.363 e. The maximum Gasteiger partial charge on any atom is 0.286 e. The minimum absolute atomic E-state index is 0.109. The van der Waals surface area contributed by atoms with Crippen molar-refractivity contribution in [2.75, 3.05) is 6.54 Å². The molecule has 23 heavy (non-hydrogen) atoms. The van der Waals surface area contributed by atoms with Crippen LogP contribution in [-0.4, -0.2) is 33.2 Å². The topological polar surface area (TPSA) is 89.2 Å². The summed E-state index contributed by atoms with van der Waals surface area (Å²) in [6.45, 7) is 0.729. The number of carbonyl (C=O) groups is 2. The molecule has 0 fully saturated rings. The monoisotopic (exact) mass is 349 g/mol. The molecule has 2 heterocycles. The number of halogens is 2. The molecule has 3 rings (SSSR count). The number of aromatic nitrogens is 2. The van der Waals surface area contributed by atoms with Gasteiger partial charge >= 0.3 is 0 Å². The van der Waals surface area contributed by atoms with Gasteiger partial charge in [-0.15, -0.1) is 0 Å². The highest BCUT2D eigenvalue weighted by Gasteiger charge is 2.25. The zero-order valence-electron chi connectivity index (χ0n) is 11.8. The number of rotatable bonds is 2. The molecule has 1 aromatic carbocycles. The number of carbonyl (C=O) groups excluding carboxylic acids is 2. The number of benzene rings is 1. The molecule has 0 bridgehead atoms. The number of amides is 2. The molecule has 2 N–H and O–H groups in total. The van der Waals surface area contributed by atoms with Gasteiger partial charge in [-0.1, -0.05) is 23.2 Å². The molecular weight excluding hydrogens is 339 g/mol. The minimum Gasteiger partial charge on any atom is -0.363 e. The molecule has 6 nitrogen and oxygen atoms in total. The average molecular weight is 350 g/mol. The fourth-order valence-electron chi connectivity index (χ4n) is 2.36. The number of nitrogens with zero attached hydrogens (tertiary/aromatic N) is 3. The summed E-state index contributed by atoms with van der Waals surface area (Å²) in [7, 11) is 0. The molecule has 1 aromatic heterocycles. The SMILES string of the molecule is NC(=O)c1n[c]c2c(n1)CN(C(=O)c1ccc(Cl)cc1Cl)CC2. The van der Waals surface area contributed by atoms with Gasteiger partial charge in [-0.05, 0) is 24.6 Å². The Morgan fingerprint density at radius 1 is 1.30 bits per heavy atom. The zero-order chi connectivity index (χ0) is 16.6. The predicted octanol–water partition coefficient (Wildman–Crippen LogP) is 1.88. The second-order valence-corrected chi connectivity index (χ2v) is 5.89. The van der Waals surface area contributed by atoms with Gasteiger partial charge in [0.2, 0.25) is 5.82 Å². The van der Waals surface area contributed by atoms with Gasteiger partial charge in [-0.25, -0.2) is 9.97 Å². The Morgan fingerprint density at radius 2 is 2.09 bits per heavy atom. The highest BCUT2D eigenvalue weighted by molar-refractivity contribution is 6.36. The van der Waals surface area contributed by atoms with Gasteiger partial charge in [0.25, 0.3) is 11.8 Å². The smallest absolute Gasteiger partial charge is 0.286 e. The Hall–Kier alpha value is -2.18. The molecule has 2 aromatic rings. The summed E-state index contributed by atoms with van der Waals surface area (Å²) in [5.74, 6) is -1.06. The van der Waals surface area contributed by atoms with Crippen molar-refractivity contribution in [1.82, 2.24) is 14.9 Å².